The van der Waals surface area contributed by atoms with Gasteiger partial charge >= 0.3 is 5.97 Å². The minimum atomic E-state index is -0.711. The van der Waals surface area contributed by atoms with Crippen LogP contribution in [-0.2, 0) is 22.7 Å². The fraction of sp³-hybridized carbons (Fsp3) is 0.167. The molecular formula is C24H23NO3. The van der Waals surface area contributed by atoms with Gasteiger partial charge in [-0.3, -0.25) is 4.79 Å². The van der Waals surface area contributed by atoms with Gasteiger partial charge in [0.2, 0.25) is 0 Å². The smallest absolute Gasteiger partial charge is 0.328 e. The van der Waals surface area contributed by atoms with Crippen LogP contribution in [0.2, 0.25) is 0 Å². The Balaban J connectivity index is 1.76. The highest BCUT2D eigenvalue weighted by molar-refractivity contribution is 5.96. The molecule has 1 unspecified atom stereocenters. The quantitative estimate of drug-likeness (QED) is 0.575. The van der Waals surface area contributed by atoms with Gasteiger partial charge < -0.3 is 9.64 Å². The Labute approximate surface area is 165 Å². The lowest BCUT2D eigenvalue weighted by Crippen LogP contribution is -2.43. The number of carbonyl (C=O) groups is 2. The summed E-state index contributed by atoms with van der Waals surface area (Å²) in [7, 11) is 0. The highest BCUT2D eigenvalue weighted by atomic mass is 16.5. The monoisotopic (exact) mass is 373 g/mol. The van der Waals surface area contributed by atoms with Gasteiger partial charge in [0, 0.05) is 12.1 Å². The summed E-state index contributed by atoms with van der Waals surface area (Å²) in [4.78, 5) is 27.3. The fourth-order valence-corrected chi connectivity index (χ4v) is 2.89. The van der Waals surface area contributed by atoms with Gasteiger partial charge in [-0.25, -0.2) is 4.79 Å². The van der Waals surface area contributed by atoms with Crippen LogP contribution in [0, 0.1) is 0 Å². The molecule has 0 bridgehead atoms. The normalized spacial score (nSPS) is 11.5. The summed E-state index contributed by atoms with van der Waals surface area (Å²) in [5, 5.41) is 0. The van der Waals surface area contributed by atoms with Crippen LogP contribution in [0.1, 0.15) is 28.4 Å². The third kappa shape index (κ3) is 5.07. The molecule has 0 aromatic heterocycles. The zero-order valence-electron chi connectivity index (χ0n) is 15.8. The van der Waals surface area contributed by atoms with Crippen molar-refractivity contribution in [3.8, 4) is 0 Å². The maximum Gasteiger partial charge on any atom is 0.328 e. The van der Waals surface area contributed by atoms with E-state index in [9.17, 15) is 9.59 Å². The molecule has 3 aromatic carbocycles. The SMILES string of the molecule is CC(C(=O)OCc1ccccc1)N(Cc1ccccc1)C(=O)c1ccccc1. The molecule has 0 aliphatic carbocycles. The average Bonchev–Trinajstić information content (AvgIpc) is 2.77. The minimum Gasteiger partial charge on any atom is -0.459 e. The molecular weight excluding hydrogens is 350 g/mol. The third-order valence-corrected chi connectivity index (χ3v) is 4.51. The Hall–Kier alpha value is -3.40. The summed E-state index contributed by atoms with van der Waals surface area (Å²) >= 11 is 0. The maximum atomic E-state index is 13.1. The van der Waals surface area contributed by atoms with Crippen molar-refractivity contribution in [3.63, 3.8) is 0 Å². The molecule has 0 aliphatic heterocycles. The van der Waals surface area contributed by atoms with E-state index in [1.165, 1.54) is 0 Å². The molecule has 4 heteroatoms. The lowest BCUT2D eigenvalue weighted by atomic mass is 10.1. The lowest BCUT2D eigenvalue weighted by Gasteiger charge is -2.28. The average molecular weight is 373 g/mol. The number of hydrogen-bond donors (Lipinski definition) is 0. The zero-order chi connectivity index (χ0) is 19.8. The maximum absolute atomic E-state index is 13.1. The second-order valence-electron chi connectivity index (χ2n) is 6.55. The van der Waals surface area contributed by atoms with E-state index in [-0.39, 0.29) is 12.5 Å². The molecule has 0 N–H and O–H groups in total. The molecule has 0 aliphatic rings. The molecule has 0 radical (unpaired) electrons. The van der Waals surface area contributed by atoms with Gasteiger partial charge in [0.25, 0.3) is 5.91 Å². The molecule has 3 rings (SSSR count). The van der Waals surface area contributed by atoms with Crippen molar-refractivity contribution in [1.82, 2.24) is 4.90 Å². The third-order valence-electron chi connectivity index (χ3n) is 4.51. The molecule has 1 amide bonds. The number of ether oxygens (including phenoxy) is 1. The van der Waals surface area contributed by atoms with Crippen LogP contribution in [0.5, 0.6) is 0 Å². The zero-order valence-corrected chi connectivity index (χ0v) is 15.8. The molecule has 4 nitrogen and oxygen atoms in total. The van der Waals surface area contributed by atoms with Crippen LogP contribution in [-0.4, -0.2) is 22.8 Å². The molecule has 0 saturated heterocycles. The number of carbonyl (C=O) groups excluding carboxylic acids is 2. The Morgan fingerprint density at radius 3 is 1.86 bits per heavy atom. The van der Waals surface area contributed by atoms with Crippen molar-refractivity contribution in [2.24, 2.45) is 0 Å². The van der Waals surface area contributed by atoms with E-state index >= 15 is 0 Å². The molecule has 0 spiro atoms. The fourth-order valence-electron chi connectivity index (χ4n) is 2.89. The van der Waals surface area contributed by atoms with Crippen molar-refractivity contribution in [2.75, 3.05) is 0 Å². The van der Waals surface area contributed by atoms with Crippen LogP contribution >= 0.6 is 0 Å². The number of esters is 1. The van der Waals surface area contributed by atoms with Gasteiger partial charge in [0.1, 0.15) is 12.6 Å². The van der Waals surface area contributed by atoms with Crippen LogP contribution in [0.4, 0.5) is 0 Å². The Bertz CT molecular complexity index is 895. The second-order valence-corrected chi connectivity index (χ2v) is 6.55. The summed E-state index contributed by atoms with van der Waals surface area (Å²) in [6, 6.07) is 27.4. The molecule has 142 valence electrons. The summed E-state index contributed by atoms with van der Waals surface area (Å²) in [6.45, 7) is 2.22. The first kappa shape index (κ1) is 19.4. The number of rotatable bonds is 7. The predicted octanol–water partition coefficient (Wildman–Crippen LogP) is 4.46. The summed E-state index contributed by atoms with van der Waals surface area (Å²) in [5.41, 5.74) is 2.41. The Kier molecular flexibility index (Phi) is 6.58. The largest absolute Gasteiger partial charge is 0.459 e. The van der Waals surface area contributed by atoms with E-state index in [1.54, 1.807) is 24.0 Å². The van der Waals surface area contributed by atoms with Crippen LogP contribution in [0.25, 0.3) is 0 Å². The van der Waals surface area contributed by atoms with E-state index in [2.05, 4.69) is 0 Å². The lowest BCUT2D eigenvalue weighted by molar-refractivity contribution is -0.150. The topological polar surface area (TPSA) is 46.6 Å². The van der Waals surface area contributed by atoms with Crippen molar-refractivity contribution in [2.45, 2.75) is 26.1 Å². The second kappa shape index (κ2) is 9.51. The Morgan fingerprint density at radius 1 is 0.786 bits per heavy atom. The number of amides is 1. The molecule has 28 heavy (non-hydrogen) atoms. The standard InChI is InChI=1S/C24H23NO3/c1-19(24(27)28-18-21-13-7-3-8-14-21)25(17-20-11-5-2-6-12-20)23(26)22-15-9-4-10-16-22/h2-16,19H,17-18H2,1H3. The van der Waals surface area contributed by atoms with Gasteiger partial charge in [-0.1, -0.05) is 78.9 Å². The Morgan fingerprint density at radius 2 is 1.29 bits per heavy atom. The molecule has 0 fully saturated rings. The molecule has 0 heterocycles. The van der Waals surface area contributed by atoms with Crippen molar-refractivity contribution in [1.29, 1.82) is 0 Å². The minimum absolute atomic E-state index is 0.183. The van der Waals surface area contributed by atoms with E-state index < -0.39 is 12.0 Å². The van der Waals surface area contributed by atoms with E-state index in [4.69, 9.17) is 4.74 Å². The highest BCUT2D eigenvalue weighted by Crippen LogP contribution is 2.15. The van der Waals surface area contributed by atoms with E-state index in [0.29, 0.717) is 12.1 Å². The summed E-state index contributed by atoms with van der Waals surface area (Å²) in [6.07, 6.45) is 0. The number of nitrogens with zero attached hydrogens (tertiary/aromatic N) is 1. The van der Waals surface area contributed by atoms with Gasteiger partial charge in [0.05, 0.1) is 0 Å². The molecule has 0 saturated carbocycles. The molecule has 3 aromatic rings. The van der Waals surface area contributed by atoms with Crippen molar-refractivity contribution < 1.29 is 14.3 Å². The molecule has 1 atom stereocenters. The van der Waals surface area contributed by atoms with Crippen LogP contribution in [0.3, 0.4) is 0 Å². The summed E-state index contributed by atoms with van der Waals surface area (Å²) < 4.78 is 5.46. The van der Waals surface area contributed by atoms with Crippen molar-refractivity contribution in [3.05, 3.63) is 108 Å². The highest BCUT2D eigenvalue weighted by Gasteiger charge is 2.28. The summed E-state index contributed by atoms with van der Waals surface area (Å²) in [5.74, 6) is -0.627. The van der Waals surface area contributed by atoms with Crippen LogP contribution < -0.4 is 0 Å². The first-order valence-corrected chi connectivity index (χ1v) is 9.25. The van der Waals surface area contributed by atoms with Gasteiger partial charge in [-0.15, -0.1) is 0 Å². The first-order valence-electron chi connectivity index (χ1n) is 9.25. The van der Waals surface area contributed by atoms with E-state index in [1.807, 2.05) is 78.9 Å². The van der Waals surface area contributed by atoms with E-state index in [0.717, 1.165) is 11.1 Å². The number of hydrogen-bond acceptors (Lipinski definition) is 3. The number of benzene rings is 3. The van der Waals surface area contributed by atoms with Gasteiger partial charge in [-0.2, -0.15) is 0 Å². The van der Waals surface area contributed by atoms with Gasteiger partial charge in [0.15, 0.2) is 0 Å². The predicted molar refractivity (Wildman–Crippen MR) is 108 cm³/mol. The van der Waals surface area contributed by atoms with Crippen molar-refractivity contribution >= 4 is 11.9 Å². The van der Waals surface area contributed by atoms with Gasteiger partial charge in [-0.05, 0) is 30.2 Å². The first-order chi connectivity index (χ1) is 13.6. The van der Waals surface area contributed by atoms with Crippen LogP contribution in [0.15, 0.2) is 91.0 Å².